The molecule has 0 amide bonds. The summed E-state index contributed by atoms with van der Waals surface area (Å²) in [6.07, 6.45) is 0. The fourth-order valence-electron chi connectivity index (χ4n) is 1.72. The number of halogens is 1. The van der Waals surface area contributed by atoms with Gasteiger partial charge >= 0.3 is 0 Å². The Morgan fingerprint density at radius 3 is 2.33 bits per heavy atom. The topological polar surface area (TPSA) is 107 Å². The van der Waals surface area contributed by atoms with Gasteiger partial charge in [0.1, 0.15) is 0 Å². The Bertz CT molecular complexity index is 634. The summed E-state index contributed by atoms with van der Waals surface area (Å²) < 4.78 is 26.2. The molecular weight excluding hydrogens is 318 g/mol. The van der Waals surface area contributed by atoms with Crippen molar-refractivity contribution in [3.05, 3.63) is 33.4 Å². The highest BCUT2D eigenvalue weighted by molar-refractivity contribution is 7.89. The van der Waals surface area contributed by atoms with Crippen molar-refractivity contribution in [2.24, 2.45) is 5.73 Å². The van der Waals surface area contributed by atoms with Gasteiger partial charge in [0.05, 0.1) is 9.82 Å². The minimum atomic E-state index is -3.81. The molecule has 1 rings (SSSR count). The molecule has 21 heavy (non-hydrogen) atoms. The second kappa shape index (κ2) is 7.17. The molecule has 1 aromatic rings. The van der Waals surface area contributed by atoms with Crippen molar-refractivity contribution in [2.75, 3.05) is 13.6 Å². The van der Waals surface area contributed by atoms with E-state index in [9.17, 15) is 18.5 Å². The van der Waals surface area contributed by atoms with Crippen LogP contribution >= 0.6 is 12.4 Å². The normalized spacial score (nSPS) is 12.9. The molecule has 0 aliphatic rings. The molecule has 0 bridgehead atoms. The Balaban J connectivity index is 0.00000400. The first kappa shape index (κ1) is 19.8. The number of rotatable bonds is 5. The molecule has 1 aromatic carbocycles. The van der Waals surface area contributed by atoms with Crippen LogP contribution in [0.15, 0.2) is 17.0 Å². The van der Waals surface area contributed by atoms with Gasteiger partial charge in [-0.2, -0.15) is 4.31 Å². The number of sulfonamides is 1. The molecule has 0 spiro atoms. The van der Waals surface area contributed by atoms with E-state index in [4.69, 9.17) is 5.73 Å². The van der Waals surface area contributed by atoms with Crippen LogP contribution in [0.25, 0.3) is 0 Å². The van der Waals surface area contributed by atoms with Gasteiger partial charge in [-0.3, -0.25) is 10.1 Å². The van der Waals surface area contributed by atoms with Gasteiger partial charge in [-0.15, -0.1) is 12.4 Å². The largest absolute Gasteiger partial charge is 0.329 e. The lowest BCUT2D eigenvalue weighted by Crippen LogP contribution is -2.39. The fraction of sp³-hybridized carbons (Fsp3) is 0.500. The zero-order valence-corrected chi connectivity index (χ0v) is 14.0. The maximum absolute atomic E-state index is 12.5. The van der Waals surface area contributed by atoms with Crippen LogP contribution < -0.4 is 5.73 Å². The van der Waals surface area contributed by atoms with E-state index in [0.29, 0.717) is 11.1 Å². The van der Waals surface area contributed by atoms with E-state index in [1.165, 1.54) is 13.1 Å². The van der Waals surface area contributed by atoms with Crippen LogP contribution in [0.5, 0.6) is 0 Å². The van der Waals surface area contributed by atoms with Crippen molar-refractivity contribution in [3.63, 3.8) is 0 Å². The van der Waals surface area contributed by atoms with E-state index in [0.717, 1.165) is 10.4 Å². The van der Waals surface area contributed by atoms with Crippen molar-refractivity contribution in [2.45, 2.75) is 31.7 Å². The molecule has 0 aromatic heterocycles. The van der Waals surface area contributed by atoms with Gasteiger partial charge in [0.25, 0.3) is 5.69 Å². The predicted octanol–water partition coefficient (Wildman–Crippen LogP) is 1.60. The molecule has 0 radical (unpaired) electrons. The van der Waals surface area contributed by atoms with Crippen molar-refractivity contribution >= 4 is 28.1 Å². The van der Waals surface area contributed by atoms with E-state index in [2.05, 4.69) is 0 Å². The molecule has 0 fully saturated rings. The first-order valence-corrected chi connectivity index (χ1v) is 7.50. The lowest BCUT2D eigenvalue weighted by Gasteiger charge is -2.24. The summed E-state index contributed by atoms with van der Waals surface area (Å²) in [7, 11) is -2.39. The molecule has 0 saturated heterocycles. The van der Waals surface area contributed by atoms with Gasteiger partial charge in [0, 0.05) is 31.8 Å². The maximum Gasteiger partial charge on any atom is 0.271 e. The number of non-ortho nitro benzene ring substituents is 1. The van der Waals surface area contributed by atoms with Crippen molar-refractivity contribution in [3.8, 4) is 0 Å². The van der Waals surface area contributed by atoms with Crippen molar-refractivity contribution < 1.29 is 13.3 Å². The minimum Gasteiger partial charge on any atom is -0.329 e. The molecule has 120 valence electrons. The van der Waals surface area contributed by atoms with Crippen LogP contribution in [-0.4, -0.2) is 37.3 Å². The van der Waals surface area contributed by atoms with Crippen molar-refractivity contribution in [1.82, 2.24) is 4.31 Å². The first-order valence-electron chi connectivity index (χ1n) is 6.06. The molecular formula is C12H20ClN3O4S. The maximum atomic E-state index is 12.5. The third-order valence-corrected chi connectivity index (χ3v) is 5.53. The summed E-state index contributed by atoms with van der Waals surface area (Å²) in [6.45, 7) is 5.13. The fourth-order valence-corrected chi connectivity index (χ4v) is 3.41. The van der Waals surface area contributed by atoms with Crippen molar-refractivity contribution in [1.29, 1.82) is 0 Å². The van der Waals surface area contributed by atoms with Crippen LogP contribution in [0.1, 0.15) is 18.1 Å². The number of nitrogens with two attached hydrogens (primary N) is 1. The smallest absolute Gasteiger partial charge is 0.271 e. The summed E-state index contributed by atoms with van der Waals surface area (Å²) >= 11 is 0. The third kappa shape index (κ3) is 3.91. The zero-order chi connectivity index (χ0) is 15.7. The second-order valence-electron chi connectivity index (χ2n) is 4.75. The Morgan fingerprint density at radius 1 is 1.38 bits per heavy atom. The van der Waals surface area contributed by atoms with Gasteiger partial charge < -0.3 is 5.73 Å². The van der Waals surface area contributed by atoms with E-state index < -0.39 is 14.9 Å². The van der Waals surface area contributed by atoms with E-state index in [-0.39, 0.29) is 35.6 Å². The number of aryl methyl sites for hydroxylation is 1. The molecule has 7 nitrogen and oxygen atoms in total. The van der Waals surface area contributed by atoms with Crippen LogP contribution in [0.2, 0.25) is 0 Å². The lowest BCUT2D eigenvalue weighted by molar-refractivity contribution is -0.385. The molecule has 9 heteroatoms. The SMILES string of the molecule is Cc1cc([N+](=O)[O-])cc(S(=O)(=O)N(C)C(C)CN)c1C.Cl. The average Bonchev–Trinajstić information content (AvgIpc) is 2.39. The van der Waals surface area contributed by atoms with Crippen LogP contribution in [0.3, 0.4) is 0 Å². The number of hydrogen-bond acceptors (Lipinski definition) is 5. The standard InChI is InChI=1S/C12H19N3O4S.ClH/c1-8-5-11(15(16)17)6-12(10(8)3)20(18,19)14(4)9(2)7-13;/h5-6,9H,7,13H2,1-4H3;1H. The minimum absolute atomic E-state index is 0. The van der Waals surface area contributed by atoms with Gasteiger partial charge in [-0.25, -0.2) is 8.42 Å². The molecule has 2 N–H and O–H groups in total. The predicted molar refractivity (Wildman–Crippen MR) is 83.3 cm³/mol. The molecule has 1 atom stereocenters. The summed E-state index contributed by atoms with van der Waals surface area (Å²) in [5.41, 5.74) is 6.31. The summed E-state index contributed by atoms with van der Waals surface area (Å²) in [4.78, 5) is 10.2. The Labute approximate surface area is 130 Å². The van der Waals surface area contributed by atoms with Crippen LogP contribution in [0, 0.1) is 24.0 Å². The van der Waals surface area contributed by atoms with Crippen LogP contribution in [0.4, 0.5) is 5.69 Å². The molecule has 1 unspecified atom stereocenters. The van der Waals surface area contributed by atoms with Gasteiger partial charge in [-0.05, 0) is 31.9 Å². The lowest BCUT2D eigenvalue weighted by atomic mass is 10.1. The summed E-state index contributed by atoms with van der Waals surface area (Å²) in [6, 6.07) is 2.07. The Morgan fingerprint density at radius 2 is 1.90 bits per heavy atom. The monoisotopic (exact) mass is 337 g/mol. The molecule has 0 saturated carbocycles. The first-order chi connectivity index (χ1) is 9.12. The number of nitro groups is 1. The highest BCUT2D eigenvalue weighted by Gasteiger charge is 2.28. The number of benzene rings is 1. The molecule has 0 aliphatic carbocycles. The van der Waals surface area contributed by atoms with Gasteiger partial charge in [0.15, 0.2) is 0 Å². The quantitative estimate of drug-likeness (QED) is 0.648. The van der Waals surface area contributed by atoms with Crippen LogP contribution in [-0.2, 0) is 10.0 Å². The third-order valence-electron chi connectivity index (χ3n) is 3.43. The van der Waals surface area contributed by atoms with Gasteiger partial charge in [-0.1, -0.05) is 0 Å². The van der Waals surface area contributed by atoms with E-state index in [1.54, 1.807) is 20.8 Å². The van der Waals surface area contributed by atoms with Gasteiger partial charge in [0.2, 0.25) is 10.0 Å². The summed E-state index contributed by atoms with van der Waals surface area (Å²) in [5, 5.41) is 10.9. The Kier molecular flexibility index (Phi) is 6.75. The zero-order valence-electron chi connectivity index (χ0n) is 12.4. The van der Waals surface area contributed by atoms with E-state index in [1.807, 2.05) is 0 Å². The second-order valence-corrected chi connectivity index (χ2v) is 6.71. The average molecular weight is 338 g/mol. The number of nitro benzene ring substituents is 1. The molecule has 0 heterocycles. The highest BCUT2D eigenvalue weighted by Crippen LogP contribution is 2.27. The molecule has 0 aliphatic heterocycles. The van der Waals surface area contributed by atoms with E-state index >= 15 is 0 Å². The number of likely N-dealkylation sites (N-methyl/N-ethyl adjacent to an activating group) is 1. The summed E-state index contributed by atoms with van der Waals surface area (Å²) in [5.74, 6) is 0. The number of nitrogens with zero attached hydrogens (tertiary/aromatic N) is 2. The number of hydrogen-bond donors (Lipinski definition) is 1. The Hall–Kier alpha value is -1.22. The highest BCUT2D eigenvalue weighted by atomic mass is 35.5.